The summed E-state index contributed by atoms with van der Waals surface area (Å²) in [5.41, 5.74) is 16.6. The standard InChI is InChI=1S/C56H56N2Si2/c1-41-39-45(27-37-53(41)57(47-29-33-49(34-30-47)59(3,4)5)55-25-17-15-23-51(55)43-19-11-9-12-20-43)46-28-38-54(42(2)40-46)58(48-31-35-50(36-32-48)60(6,7)8)56-26-18-16-24-52(56)44-21-13-10-14-22-44/h9-40H,1-8H3. The van der Waals surface area contributed by atoms with Crippen LogP contribution in [0.4, 0.5) is 34.1 Å². The van der Waals surface area contributed by atoms with Gasteiger partial charge in [-0.2, -0.15) is 0 Å². The largest absolute Gasteiger partial charge is 0.310 e. The zero-order chi connectivity index (χ0) is 42.0. The van der Waals surface area contributed by atoms with E-state index in [-0.39, 0.29) is 0 Å². The quantitative estimate of drug-likeness (QED) is 0.120. The second-order valence-corrected chi connectivity index (χ2v) is 28.2. The number of nitrogens with zero attached hydrogens (tertiary/aromatic N) is 2. The number of hydrogen-bond acceptors (Lipinski definition) is 2. The molecule has 0 amide bonds. The summed E-state index contributed by atoms with van der Waals surface area (Å²) in [6.45, 7) is 19.0. The van der Waals surface area contributed by atoms with Gasteiger partial charge in [0, 0.05) is 33.9 Å². The minimum absolute atomic E-state index is 1.16. The number of aryl methyl sites for hydroxylation is 2. The van der Waals surface area contributed by atoms with Crippen molar-refractivity contribution in [3.8, 4) is 33.4 Å². The number of hydrogen-bond donors (Lipinski definition) is 0. The van der Waals surface area contributed by atoms with Gasteiger partial charge in [-0.15, -0.1) is 0 Å². The molecule has 0 bridgehead atoms. The van der Waals surface area contributed by atoms with Crippen LogP contribution in [0.2, 0.25) is 39.3 Å². The number of para-hydroxylation sites is 2. The molecule has 0 unspecified atom stereocenters. The maximum Gasteiger partial charge on any atom is 0.0775 e. The second-order valence-electron chi connectivity index (χ2n) is 18.0. The molecule has 8 aromatic carbocycles. The molecule has 0 aliphatic heterocycles. The molecular weight excluding hydrogens is 757 g/mol. The molecule has 8 aromatic rings. The fourth-order valence-corrected chi connectivity index (χ4v) is 10.6. The highest BCUT2D eigenvalue weighted by Crippen LogP contribution is 2.45. The molecule has 0 aromatic heterocycles. The monoisotopic (exact) mass is 812 g/mol. The van der Waals surface area contributed by atoms with Gasteiger partial charge in [-0.3, -0.25) is 0 Å². The first-order valence-electron chi connectivity index (χ1n) is 21.2. The number of rotatable bonds is 11. The first-order valence-corrected chi connectivity index (χ1v) is 28.2. The Morgan fingerprint density at radius 3 is 0.967 bits per heavy atom. The summed E-state index contributed by atoms with van der Waals surface area (Å²) in [6, 6.07) is 71.6. The van der Waals surface area contributed by atoms with Gasteiger partial charge in [-0.05, 0) is 108 Å². The minimum atomic E-state index is -1.47. The Labute approximate surface area is 360 Å². The third-order valence-electron chi connectivity index (χ3n) is 11.7. The Morgan fingerprint density at radius 1 is 0.300 bits per heavy atom. The predicted octanol–water partition coefficient (Wildman–Crippen LogP) is 15.3. The van der Waals surface area contributed by atoms with E-state index < -0.39 is 16.1 Å². The number of benzene rings is 8. The van der Waals surface area contributed by atoms with E-state index in [4.69, 9.17) is 0 Å². The van der Waals surface area contributed by atoms with Gasteiger partial charge in [-0.1, -0.05) is 183 Å². The van der Waals surface area contributed by atoms with Crippen molar-refractivity contribution in [2.75, 3.05) is 9.80 Å². The van der Waals surface area contributed by atoms with E-state index in [1.54, 1.807) is 0 Å². The Hall–Kier alpha value is -6.21. The van der Waals surface area contributed by atoms with Crippen molar-refractivity contribution in [2.24, 2.45) is 0 Å². The molecule has 0 radical (unpaired) electrons. The fraction of sp³-hybridized carbons (Fsp3) is 0.143. The average molecular weight is 813 g/mol. The van der Waals surface area contributed by atoms with Crippen molar-refractivity contribution in [1.82, 2.24) is 0 Å². The van der Waals surface area contributed by atoms with E-state index in [1.165, 1.54) is 66.3 Å². The molecule has 0 fully saturated rings. The van der Waals surface area contributed by atoms with E-state index >= 15 is 0 Å². The van der Waals surface area contributed by atoms with Crippen LogP contribution in [0.25, 0.3) is 33.4 Å². The summed E-state index contributed by atoms with van der Waals surface area (Å²) in [5, 5.41) is 2.92. The third kappa shape index (κ3) is 8.44. The fourth-order valence-electron chi connectivity index (χ4n) is 8.27. The lowest BCUT2D eigenvalue weighted by molar-refractivity contribution is 1.24. The molecule has 0 aliphatic rings. The molecule has 0 saturated carbocycles. The highest BCUT2D eigenvalue weighted by molar-refractivity contribution is 6.89. The van der Waals surface area contributed by atoms with E-state index in [9.17, 15) is 0 Å². The Morgan fingerprint density at radius 2 is 0.633 bits per heavy atom. The highest BCUT2D eigenvalue weighted by atomic mass is 28.3. The summed E-state index contributed by atoms with van der Waals surface area (Å²) in [4.78, 5) is 4.89. The van der Waals surface area contributed by atoms with Crippen LogP contribution in [0.15, 0.2) is 194 Å². The molecule has 0 aliphatic carbocycles. The molecule has 2 nitrogen and oxygen atoms in total. The third-order valence-corrected chi connectivity index (χ3v) is 15.8. The molecule has 298 valence electrons. The molecule has 4 heteroatoms. The van der Waals surface area contributed by atoms with Crippen molar-refractivity contribution in [3.63, 3.8) is 0 Å². The van der Waals surface area contributed by atoms with E-state index in [0.717, 1.165) is 22.7 Å². The van der Waals surface area contributed by atoms with Gasteiger partial charge in [-0.25, -0.2) is 0 Å². The van der Waals surface area contributed by atoms with Crippen LogP contribution in [0.5, 0.6) is 0 Å². The maximum atomic E-state index is 2.44. The lowest BCUT2D eigenvalue weighted by atomic mass is 9.97. The van der Waals surface area contributed by atoms with Crippen molar-refractivity contribution in [2.45, 2.75) is 53.1 Å². The highest BCUT2D eigenvalue weighted by Gasteiger charge is 2.23. The normalized spacial score (nSPS) is 11.7. The molecule has 60 heavy (non-hydrogen) atoms. The van der Waals surface area contributed by atoms with Crippen LogP contribution in [0.3, 0.4) is 0 Å². The molecule has 0 atom stereocenters. The average Bonchev–Trinajstić information content (AvgIpc) is 3.26. The minimum Gasteiger partial charge on any atom is -0.310 e. The molecule has 0 saturated heterocycles. The lowest BCUT2D eigenvalue weighted by Crippen LogP contribution is -2.37. The number of anilines is 6. The van der Waals surface area contributed by atoms with Gasteiger partial charge in [0.05, 0.1) is 27.5 Å². The summed E-state index contributed by atoms with van der Waals surface area (Å²) in [6.07, 6.45) is 0. The van der Waals surface area contributed by atoms with Crippen LogP contribution in [0, 0.1) is 13.8 Å². The van der Waals surface area contributed by atoms with Gasteiger partial charge in [0.1, 0.15) is 0 Å². The van der Waals surface area contributed by atoms with E-state index in [0.29, 0.717) is 0 Å². The topological polar surface area (TPSA) is 6.48 Å². The molecular formula is C56H56N2Si2. The molecule has 0 heterocycles. The molecule has 0 N–H and O–H groups in total. The van der Waals surface area contributed by atoms with E-state index in [2.05, 4.69) is 257 Å². The van der Waals surface area contributed by atoms with Crippen LogP contribution in [-0.2, 0) is 0 Å². The lowest BCUT2D eigenvalue weighted by Gasteiger charge is -2.30. The summed E-state index contributed by atoms with van der Waals surface area (Å²) < 4.78 is 0. The Balaban J connectivity index is 1.21. The zero-order valence-corrected chi connectivity index (χ0v) is 38.4. The smallest absolute Gasteiger partial charge is 0.0775 e. The molecule has 0 spiro atoms. The van der Waals surface area contributed by atoms with Gasteiger partial charge in [0.15, 0.2) is 0 Å². The van der Waals surface area contributed by atoms with E-state index in [1.807, 2.05) is 0 Å². The first-order chi connectivity index (χ1) is 28.9. The predicted molar refractivity (Wildman–Crippen MR) is 268 cm³/mol. The van der Waals surface area contributed by atoms with Crippen molar-refractivity contribution < 1.29 is 0 Å². The maximum absolute atomic E-state index is 2.44. The first kappa shape index (κ1) is 40.6. The summed E-state index contributed by atoms with van der Waals surface area (Å²) >= 11 is 0. The Kier molecular flexibility index (Phi) is 11.4. The van der Waals surface area contributed by atoms with Crippen molar-refractivity contribution in [1.29, 1.82) is 0 Å². The van der Waals surface area contributed by atoms with Crippen molar-refractivity contribution >= 4 is 60.6 Å². The van der Waals surface area contributed by atoms with Gasteiger partial charge in [0.2, 0.25) is 0 Å². The van der Waals surface area contributed by atoms with Gasteiger partial charge >= 0.3 is 0 Å². The van der Waals surface area contributed by atoms with Crippen molar-refractivity contribution in [3.05, 3.63) is 205 Å². The summed E-state index contributed by atoms with van der Waals surface area (Å²) in [7, 11) is -2.94. The van der Waals surface area contributed by atoms with Gasteiger partial charge in [0.25, 0.3) is 0 Å². The molecule has 8 rings (SSSR count). The zero-order valence-electron chi connectivity index (χ0n) is 36.4. The van der Waals surface area contributed by atoms with Crippen LogP contribution >= 0.6 is 0 Å². The van der Waals surface area contributed by atoms with Crippen LogP contribution in [-0.4, -0.2) is 16.1 Å². The Bertz CT molecular complexity index is 2530. The SMILES string of the molecule is Cc1cc(-c2ccc(N(c3ccc([Si](C)(C)C)cc3)c3ccccc3-c3ccccc3)c(C)c2)ccc1N(c1ccc([Si](C)(C)C)cc1)c1ccccc1-c1ccccc1. The van der Waals surface area contributed by atoms with Crippen LogP contribution in [0.1, 0.15) is 11.1 Å². The second kappa shape index (κ2) is 16.8. The summed E-state index contributed by atoms with van der Waals surface area (Å²) in [5.74, 6) is 0. The van der Waals surface area contributed by atoms with Gasteiger partial charge < -0.3 is 9.80 Å². The van der Waals surface area contributed by atoms with Crippen LogP contribution < -0.4 is 20.2 Å².